The van der Waals surface area contributed by atoms with Gasteiger partial charge in [-0.15, -0.1) is 11.3 Å². The third-order valence-electron chi connectivity index (χ3n) is 4.77. The number of nitrogens with zero attached hydrogens (tertiary/aromatic N) is 2. The second-order valence-corrected chi connectivity index (χ2v) is 8.42. The van der Waals surface area contributed by atoms with Crippen LogP contribution >= 0.6 is 11.3 Å². The molecule has 1 atom stereocenters. The highest BCUT2D eigenvalue weighted by molar-refractivity contribution is 7.16. The summed E-state index contributed by atoms with van der Waals surface area (Å²) >= 11 is 1.56. The summed E-state index contributed by atoms with van der Waals surface area (Å²) in [6, 6.07) is 5.64. The number of fused-ring (bicyclic) bond motifs is 1. The molecule has 0 aliphatic heterocycles. The molecule has 0 fully saturated rings. The van der Waals surface area contributed by atoms with Gasteiger partial charge in [-0.3, -0.25) is 9.78 Å². The molecule has 0 saturated carbocycles. The molecule has 124 valence electrons. The van der Waals surface area contributed by atoms with E-state index in [0.717, 1.165) is 24.8 Å². The third-order valence-corrected chi connectivity index (χ3v) is 5.94. The number of amides is 1. The van der Waals surface area contributed by atoms with Gasteiger partial charge in [0.1, 0.15) is 11.1 Å². The highest BCUT2D eigenvalue weighted by Crippen LogP contribution is 2.44. The van der Waals surface area contributed by atoms with Crippen molar-refractivity contribution in [3.05, 3.63) is 46.1 Å². The number of pyridine rings is 1. The Morgan fingerprint density at radius 2 is 2.08 bits per heavy atom. The minimum absolute atomic E-state index is 0.195. The van der Waals surface area contributed by atoms with Crippen LogP contribution in [0.1, 0.15) is 53.6 Å². The van der Waals surface area contributed by atoms with Gasteiger partial charge in [0.05, 0.1) is 5.56 Å². The van der Waals surface area contributed by atoms with Gasteiger partial charge < -0.3 is 5.32 Å². The van der Waals surface area contributed by atoms with Crippen LogP contribution in [-0.4, -0.2) is 10.9 Å². The Balaban J connectivity index is 1.87. The largest absolute Gasteiger partial charge is 0.312 e. The van der Waals surface area contributed by atoms with E-state index in [1.54, 1.807) is 35.9 Å². The van der Waals surface area contributed by atoms with Gasteiger partial charge in [0, 0.05) is 22.8 Å². The SMILES string of the molecule is CC(C)(C)C1CCc2c(sc(NC(=O)c3ccncc3)c2C#N)C1. The molecule has 24 heavy (non-hydrogen) atoms. The first-order chi connectivity index (χ1) is 11.4. The molecule has 0 radical (unpaired) electrons. The van der Waals surface area contributed by atoms with Crippen LogP contribution in [0, 0.1) is 22.7 Å². The first-order valence-corrected chi connectivity index (χ1v) is 8.98. The average Bonchev–Trinajstić information content (AvgIpc) is 2.90. The molecule has 3 rings (SSSR count). The number of thiophene rings is 1. The Morgan fingerprint density at radius 1 is 1.38 bits per heavy atom. The molecule has 2 heterocycles. The molecular formula is C19H21N3OS. The first-order valence-electron chi connectivity index (χ1n) is 8.16. The van der Waals surface area contributed by atoms with Crippen molar-refractivity contribution >= 4 is 22.2 Å². The Morgan fingerprint density at radius 3 is 2.71 bits per heavy atom. The Bertz CT molecular complexity index is 796. The van der Waals surface area contributed by atoms with Gasteiger partial charge in [0.25, 0.3) is 5.91 Å². The fourth-order valence-electron chi connectivity index (χ4n) is 3.21. The minimum Gasteiger partial charge on any atom is -0.312 e. The van der Waals surface area contributed by atoms with Crippen LogP contribution in [0.4, 0.5) is 5.00 Å². The van der Waals surface area contributed by atoms with Crippen LogP contribution in [-0.2, 0) is 12.8 Å². The van der Waals surface area contributed by atoms with E-state index in [1.807, 2.05) is 0 Å². The van der Waals surface area contributed by atoms with Crippen LogP contribution in [0.15, 0.2) is 24.5 Å². The van der Waals surface area contributed by atoms with Gasteiger partial charge in [-0.25, -0.2) is 0 Å². The van der Waals surface area contributed by atoms with Gasteiger partial charge in [-0.1, -0.05) is 20.8 Å². The predicted octanol–water partition coefficient (Wildman–Crippen LogP) is 4.42. The molecule has 1 aliphatic rings. The Kier molecular flexibility index (Phi) is 4.42. The zero-order chi connectivity index (χ0) is 17.3. The van der Waals surface area contributed by atoms with E-state index in [1.165, 1.54) is 4.88 Å². The molecular weight excluding hydrogens is 318 g/mol. The normalized spacial score (nSPS) is 17.0. The summed E-state index contributed by atoms with van der Waals surface area (Å²) in [4.78, 5) is 17.6. The van der Waals surface area contributed by atoms with E-state index >= 15 is 0 Å². The lowest BCUT2D eigenvalue weighted by atomic mass is 9.72. The lowest BCUT2D eigenvalue weighted by molar-refractivity contribution is 0.102. The molecule has 0 aromatic carbocycles. The maximum Gasteiger partial charge on any atom is 0.256 e. The maximum atomic E-state index is 12.4. The van der Waals surface area contributed by atoms with Crippen LogP contribution in [0.5, 0.6) is 0 Å². The number of nitrogens with one attached hydrogen (secondary N) is 1. The van der Waals surface area contributed by atoms with E-state index in [0.29, 0.717) is 22.0 Å². The zero-order valence-electron chi connectivity index (χ0n) is 14.2. The summed E-state index contributed by atoms with van der Waals surface area (Å²) in [5.41, 5.74) is 2.58. The van der Waals surface area contributed by atoms with Gasteiger partial charge in [0.2, 0.25) is 0 Å². The quantitative estimate of drug-likeness (QED) is 0.881. The number of hydrogen-bond donors (Lipinski definition) is 1. The third kappa shape index (κ3) is 3.20. The number of aromatic nitrogens is 1. The fourth-order valence-corrected chi connectivity index (χ4v) is 4.48. The van der Waals surface area contributed by atoms with Crippen LogP contribution in [0.25, 0.3) is 0 Å². The minimum atomic E-state index is -0.195. The first kappa shape index (κ1) is 16.7. The Labute approximate surface area is 146 Å². The summed E-state index contributed by atoms with van der Waals surface area (Å²) in [5, 5.41) is 13.2. The smallest absolute Gasteiger partial charge is 0.256 e. The number of carbonyl (C=O) groups is 1. The molecule has 0 spiro atoms. The lowest BCUT2D eigenvalue weighted by Crippen LogP contribution is -2.26. The number of nitriles is 1. The molecule has 2 aromatic heterocycles. The predicted molar refractivity (Wildman–Crippen MR) is 96.2 cm³/mol. The average molecular weight is 339 g/mol. The molecule has 0 bridgehead atoms. The molecule has 2 aromatic rings. The van der Waals surface area contributed by atoms with Crippen molar-refractivity contribution in [1.82, 2.24) is 4.98 Å². The molecule has 5 heteroatoms. The lowest BCUT2D eigenvalue weighted by Gasteiger charge is -2.33. The van der Waals surface area contributed by atoms with Crippen LogP contribution in [0.2, 0.25) is 0 Å². The maximum absolute atomic E-state index is 12.4. The number of rotatable bonds is 2. The molecule has 0 saturated heterocycles. The fraction of sp³-hybridized carbons (Fsp3) is 0.421. The van der Waals surface area contributed by atoms with Crippen molar-refractivity contribution in [2.75, 3.05) is 5.32 Å². The topological polar surface area (TPSA) is 65.8 Å². The van der Waals surface area contributed by atoms with Crippen molar-refractivity contribution in [3.8, 4) is 6.07 Å². The van der Waals surface area contributed by atoms with Crippen molar-refractivity contribution in [2.45, 2.75) is 40.0 Å². The van der Waals surface area contributed by atoms with Crippen LogP contribution in [0.3, 0.4) is 0 Å². The van der Waals surface area contributed by atoms with Gasteiger partial charge in [-0.05, 0) is 48.3 Å². The Hall–Kier alpha value is -2.19. The monoisotopic (exact) mass is 339 g/mol. The van der Waals surface area contributed by atoms with E-state index in [2.05, 4.69) is 37.1 Å². The zero-order valence-corrected chi connectivity index (χ0v) is 15.0. The molecule has 4 nitrogen and oxygen atoms in total. The molecule has 1 N–H and O–H groups in total. The second-order valence-electron chi connectivity index (χ2n) is 7.32. The van der Waals surface area contributed by atoms with Gasteiger partial charge in [-0.2, -0.15) is 5.26 Å². The summed E-state index contributed by atoms with van der Waals surface area (Å²) in [6.45, 7) is 6.81. The highest BCUT2D eigenvalue weighted by Gasteiger charge is 2.32. The summed E-state index contributed by atoms with van der Waals surface area (Å²) in [7, 11) is 0. The van der Waals surface area contributed by atoms with E-state index in [4.69, 9.17) is 0 Å². The summed E-state index contributed by atoms with van der Waals surface area (Å²) < 4.78 is 0. The summed E-state index contributed by atoms with van der Waals surface area (Å²) in [5.74, 6) is 0.416. The van der Waals surface area contributed by atoms with Crippen molar-refractivity contribution in [1.29, 1.82) is 5.26 Å². The standard InChI is InChI=1S/C19H21N3OS/c1-19(2,3)13-4-5-14-15(11-20)18(24-16(14)10-13)22-17(23)12-6-8-21-9-7-12/h6-9,13H,4-5,10H2,1-3H3,(H,22,23). The second kappa shape index (κ2) is 6.37. The van der Waals surface area contributed by atoms with E-state index < -0.39 is 0 Å². The number of anilines is 1. The van der Waals surface area contributed by atoms with Gasteiger partial charge >= 0.3 is 0 Å². The number of hydrogen-bond acceptors (Lipinski definition) is 4. The summed E-state index contributed by atoms with van der Waals surface area (Å²) in [6.07, 6.45) is 6.19. The van der Waals surface area contributed by atoms with Crippen molar-refractivity contribution in [2.24, 2.45) is 11.3 Å². The van der Waals surface area contributed by atoms with E-state index in [9.17, 15) is 10.1 Å². The molecule has 1 aliphatic carbocycles. The highest BCUT2D eigenvalue weighted by atomic mass is 32.1. The molecule has 1 amide bonds. The number of carbonyl (C=O) groups excluding carboxylic acids is 1. The van der Waals surface area contributed by atoms with Crippen molar-refractivity contribution in [3.63, 3.8) is 0 Å². The van der Waals surface area contributed by atoms with E-state index in [-0.39, 0.29) is 11.3 Å². The van der Waals surface area contributed by atoms with Crippen LogP contribution < -0.4 is 5.32 Å². The van der Waals surface area contributed by atoms with Crippen molar-refractivity contribution < 1.29 is 4.79 Å². The van der Waals surface area contributed by atoms with Gasteiger partial charge in [0.15, 0.2) is 0 Å². The molecule has 1 unspecified atom stereocenters.